The number of hydrogen-bond acceptors (Lipinski definition) is 3. The number of hydrogen-bond donors (Lipinski definition) is 0. The molecule has 3 nitrogen and oxygen atoms in total. The zero-order chi connectivity index (χ0) is 37.0. The number of aromatic nitrogens is 3. The summed E-state index contributed by atoms with van der Waals surface area (Å²) < 4.78 is 0. The molecule has 0 spiro atoms. The molecule has 11 aromatic rings. The van der Waals surface area contributed by atoms with Crippen LogP contribution in [0.2, 0.25) is 0 Å². The average molecular weight is 712 g/mol. The molecule has 0 aliphatic carbocycles. The maximum atomic E-state index is 5.12. The van der Waals surface area contributed by atoms with Gasteiger partial charge in [-0.25, -0.2) is 15.0 Å². The van der Waals surface area contributed by atoms with Gasteiger partial charge in [-0.2, -0.15) is 0 Å². The summed E-state index contributed by atoms with van der Waals surface area (Å²) in [5, 5.41) is 12.2. The molecule has 0 aliphatic rings. The minimum Gasteiger partial charge on any atom is -0.208 e. The predicted molar refractivity (Wildman–Crippen MR) is 235 cm³/mol. The lowest BCUT2D eigenvalue weighted by Crippen LogP contribution is -2.00. The Morgan fingerprint density at radius 3 is 1.12 bits per heavy atom. The van der Waals surface area contributed by atoms with Crippen LogP contribution < -0.4 is 0 Å². The minimum atomic E-state index is 0.647. The summed E-state index contributed by atoms with van der Waals surface area (Å²) in [6.07, 6.45) is 0. The van der Waals surface area contributed by atoms with Crippen LogP contribution in [0.3, 0.4) is 0 Å². The molecule has 3 heteroatoms. The van der Waals surface area contributed by atoms with Crippen LogP contribution in [0.15, 0.2) is 200 Å². The molecular formula is C53H33N3. The van der Waals surface area contributed by atoms with Gasteiger partial charge in [-0.15, -0.1) is 0 Å². The van der Waals surface area contributed by atoms with E-state index in [1.54, 1.807) is 0 Å². The zero-order valence-electron chi connectivity index (χ0n) is 30.4. The molecule has 0 aliphatic heterocycles. The van der Waals surface area contributed by atoms with Crippen LogP contribution in [-0.2, 0) is 0 Å². The lowest BCUT2D eigenvalue weighted by atomic mass is 9.82. The molecule has 56 heavy (non-hydrogen) atoms. The van der Waals surface area contributed by atoms with Gasteiger partial charge in [0.1, 0.15) is 0 Å². The van der Waals surface area contributed by atoms with Gasteiger partial charge in [0.15, 0.2) is 17.5 Å². The standard InChI is InChI=1S/C53H33N3/c1-3-17-34(18-4-1)51-54-52(35-19-5-2-6-20-35)56-53(55-51)47-32-31-46(39-24-10-11-25-40(39)47)49-42-27-13-15-29-44(42)50(45-30-16-14-28-43(45)49)48-33-36-21-7-8-22-37(36)38-23-9-12-26-41(38)48/h1-33H. The van der Waals surface area contributed by atoms with Gasteiger partial charge in [0.2, 0.25) is 0 Å². The van der Waals surface area contributed by atoms with E-state index in [4.69, 9.17) is 15.0 Å². The fraction of sp³-hybridized carbons (Fsp3) is 0. The van der Waals surface area contributed by atoms with Gasteiger partial charge >= 0.3 is 0 Å². The first kappa shape index (κ1) is 32.0. The Balaban J connectivity index is 1.18. The highest BCUT2D eigenvalue weighted by Crippen LogP contribution is 2.48. The topological polar surface area (TPSA) is 38.7 Å². The van der Waals surface area contributed by atoms with Gasteiger partial charge in [0.25, 0.3) is 0 Å². The Bertz CT molecular complexity index is 3180. The van der Waals surface area contributed by atoms with Crippen LogP contribution >= 0.6 is 0 Å². The third-order valence-electron chi connectivity index (χ3n) is 11.1. The van der Waals surface area contributed by atoms with Gasteiger partial charge in [-0.3, -0.25) is 0 Å². The number of rotatable bonds is 5. The summed E-state index contributed by atoms with van der Waals surface area (Å²) in [5.41, 5.74) is 7.77. The minimum absolute atomic E-state index is 0.647. The lowest BCUT2D eigenvalue weighted by molar-refractivity contribution is 1.08. The van der Waals surface area contributed by atoms with E-state index in [1.807, 2.05) is 36.4 Å². The molecule has 0 fully saturated rings. The van der Waals surface area contributed by atoms with Crippen LogP contribution in [0.4, 0.5) is 0 Å². The molecular weight excluding hydrogens is 679 g/mol. The first-order chi connectivity index (χ1) is 27.8. The van der Waals surface area contributed by atoms with E-state index in [0.717, 1.165) is 27.5 Å². The average Bonchev–Trinajstić information content (AvgIpc) is 3.28. The van der Waals surface area contributed by atoms with E-state index < -0.39 is 0 Å². The molecule has 0 unspecified atom stereocenters. The molecule has 260 valence electrons. The van der Waals surface area contributed by atoms with Gasteiger partial charge in [0, 0.05) is 16.7 Å². The van der Waals surface area contributed by atoms with Crippen molar-refractivity contribution in [2.24, 2.45) is 0 Å². The Labute approximate surface area is 324 Å². The van der Waals surface area contributed by atoms with Crippen molar-refractivity contribution in [1.29, 1.82) is 0 Å². The quantitative estimate of drug-likeness (QED) is 0.132. The molecule has 0 radical (unpaired) electrons. The summed E-state index contributed by atoms with van der Waals surface area (Å²) in [6, 6.07) is 71.3. The summed E-state index contributed by atoms with van der Waals surface area (Å²) in [5.74, 6) is 1.95. The maximum absolute atomic E-state index is 5.12. The molecule has 1 aromatic heterocycles. The third kappa shape index (κ3) is 5.17. The summed E-state index contributed by atoms with van der Waals surface area (Å²) in [4.78, 5) is 15.2. The molecule has 1 heterocycles. The number of fused-ring (bicyclic) bond motifs is 6. The van der Waals surface area contributed by atoms with Crippen LogP contribution in [0.1, 0.15) is 0 Å². The second-order valence-electron chi connectivity index (χ2n) is 14.3. The fourth-order valence-corrected chi connectivity index (χ4v) is 8.61. The smallest absolute Gasteiger partial charge is 0.164 e. The molecule has 0 bridgehead atoms. The van der Waals surface area contributed by atoms with Gasteiger partial charge in [-0.05, 0) is 88.2 Å². The third-order valence-corrected chi connectivity index (χ3v) is 11.1. The summed E-state index contributed by atoms with van der Waals surface area (Å²) in [7, 11) is 0. The highest BCUT2D eigenvalue weighted by molar-refractivity contribution is 6.27. The van der Waals surface area contributed by atoms with E-state index in [-0.39, 0.29) is 0 Å². The Morgan fingerprint density at radius 2 is 0.589 bits per heavy atom. The predicted octanol–water partition coefficient (Wildman–Crippen LogP) is 14.0. The first-order valence-electron chi connectivity index (χ1n) is 19.0. The number of benzene rings is 10. The monoisotopic (exact) mass is 711 g/mol. The lowest BCUT2D eigenvalue weighted by Gasteiger charge is -2.21. The van der Waals surface area contributed by atoms with Gasteiger partial charge < -0.3 is 0 Å². The molecule has 0 saturated carbocycles. The summed E-state index contributed by atoms with van der Waals surface area (Å²) in [6.45, 7) is 0. The van der Waals surface area contributed by atoms with Crippen molar-refractivity contribution in [2.75, 3.05) is 0 Å². The van der Waals surface area contributed by atoms with E-state index >= 15 is 0 Å². The largest absolute Gasteiger partial charge is 0.208 e. The van der Waals surface area contributed by atoms with Crippen molar-refractivity contribution < 1.29 is 0 Å². The molecule has 0 N–H and O–H groups in total. The van der Waals surface area contributed by atoms with Crippen LogP contribution in [0.5, 0.6) is 0 Å². The van der Waals surface area contributed by atoms with E-state index in [1.165, 1.54) is 65.3 Å². The molecule has 0 atom stereocenters. The van der Waals surface area contributed by atoms with Gasteiger partial charge in [-0.1, -0.05) is 188 Å². The maximum Gasteiger partial charge on any atom is 0.164 e. The Kier molecular flexibility index (Phi) is 7.49. The van der Waals surface area contributed by atoms with E-state index in [0.29, 0.717) is 17.5 Å². The summed E-state index contributed by atoms with van der Waals surface area (Å²) >= 11 is 0. The SMILES string of the molecule is c1ccc(-c2nc(-c3ccccc3)nc(-c3ccc(-c4c5ccccc5c(-c5cc6ccccc6c6ccccc56)c5ccccc45)c4ccccc34)n2)cc1. The van der Waals surface area contributed by atoms with Crippen LogP contribution in [-0.4, -0.2) is 15.0 Å². The molecule has 10 aromatic carbocycles. The molecule has 11 rings (SSSR count). The second kappa shape index (κ2) is 13.1. The normalized spacial score (nSPS) is 11.6. The highest BCUT2D eigenvalue weighted by Gasteiger charge is 2.21. The van der Waals surface area contributed by atoms with E-state index in [9.17, 15) is 0 Å². The van der Waals surface area contributed by atoms with Crippen molar-refractivity contribution in [1.82, 2.24) is 15.0 Å². The van der Waals surface area contributed by atoms with Gasteiger partial charge in [0.05, 0.1) is 0 Å². The highest BCUT2D eigenvalue weighted by atomic mass is 15.0. The number of nitrogens with zero attached hydrogens (tertiary/aromatic N) is 3. The van der Waals surface area contributed by atoms with E-state index in [2.05, 4.69) is 164 Å². The molecule has 0 amide bonds. The van der Waals surface area contributed by atoms with Crippen molar-refractivity contribution >= 4 is 53.9 Å². The fourth-order valence-electron chi connectivity index (χ4n) is 8.61. The Hall–Kier alpha value is -7.49. The van der Waals surface area contributed by atoms with Crippen molar-refractivity contribution in [3.05, 3.63) is 200 Å². The van der Waals surface area contributed by atoms with Crippen molar-refractivity contribution in [3.8, 4) is 56.4 Å². The molecule has 0 saturated heterocycles. The Morgan fingerprint density at radius 1 is 0.232 bits per heavy atom. The van der Waals surface area contributed by atoms with Crippen LogP contribution in [0.25, 0.3) is 110 Å². The zero-order valence-corrected chi connectivity index (χ0v) is 30.4. The van der Waals surface area contributed by atoms with Crippen molar-refractivity contribution in [2.45, 2.75) is 0 Å². The van der Waals surface area contributed by atoms with Crippen LogP contribution in [0, 0.1) is 0 Å². The first-order valence-corrected chi connectivity index (χ1v) is 19.0. The van der Waals surface area contributed by atoms with Crippen molar-refractivity contribution in [3.63, 3.8) is 0 Å². The second-order valence-corrected chi connectivity index (χ2v) is 14.3.